The van der Waals surface area contributed by atoms with Gasteiger partial charge in [-0.1, -0.05) is 23.7 Å². The fraction of sp³-hybridized carbons (Fsp3) is 0.650. The van der Waals surface area contributed by atoms with Gasteiger partial charge < -0.3 is 15.4 Å². The molecule has 1 aromatic rings. The Bertz CT molecular complexity index is 609. The maximum absolute atomic E-state index is 6.24. The van der Waals surface area contributed by atoms with E-state index < -0.39 is 0 Å². The van der Waals surface area contributed by atoms with E-state index in [9.17, 15) is 0 Å². The number of aliphatic imine (C=N–C) groups is 1. The van der Waals surface area contributed by atoms with E-state index in [2.05, 4.69) is 39.7 Å². The van der Waals surface area contributed by atoms with E-state index in [0.29, 0.717) is 18.1 Å². The van der Waals surface area contributed by atoms with Gasteiger partial charge in [-0.2, -0.15) is 0 Å². The summed E-state index contributed by atoms with van der Waals surface area (Å²) >= 11 is 6.24. The molecule has 152 valence electrons. The molecular formula is C20H32ClIN4O. The maximum atomic E-state index is 6.24. The fourth-order valence-corrected chi connectivity index (χ4v) is 4.35. The van der Waals surface area contributed by atoms with Gasteiger partial charge in [0.15, 0.2) is 5.96 Å². The predicted molar refractivity (Wildman–Crippen MR) is 123 cm³/mol. The van der Waals surface area contributed by atoms with Gasteiger partial charge in [-0.3, -0.25) is 9.89 Å². The number of likely N-dealkylation sites (tertiary alicyclic amines) is 1. The molecule has 7 heteroatoms. The topological polar surface area (TPSA) is 48.9 Å². The fourth-order valence-electron chi connectivity index (χ4n) is 4.15. The monoisotopic (exact) mass is 506 g/mol. The Morgan fingerprint density at radius 1 is 1.26 bits per heavy atom. The van der Waals surface area contributed by atoms with Gasteiger partial charge in [0.2, 0.25) is 0 Å². The van der Waals surface area contributed by atoms with Crippen LogP contribution in [0, 0.1) is 5.92 Å². The van der Waals surface area contributed by atoms with Crippen molar-refractivity contribution < 1.29 is 4.74 Å². The molecule has 0 saturated carbocycles. The smallest absolute Gasteiger partial charge is 0.191 e. The van der Waals surface area contributed by atoms with Crippen LogP contribution in [0.5, 0.6) is 0 Å². The van der Waals surface area contributed by atoms with Crippen LogP contribution < -0.4 is 10.6 Å². The van der Waals surface area contributed by atoms with Gasteiger partial charge in [-0.25, -0.2) is 0 Å². The molecule has 2 aliphatic heterocycles. The molecule has 3 unspecified atom stereocenters. The number of nitrogens with zero attached hydrogens (tertiary/aromatic N) is 2. The molecule has 3 rings (SSSR count). The zero-order valence-corrected chi connectivity index (χ0v) is 19.4. The first-order chi connectivity index (χ1) is 12.7. The van der Waals surface area contributed by atoms with Crippen molar-refractivity contribution in [3.63, 3.8) is 0 Å². The van der Waals surface area contributed by atoms with Crippen LogP contribution in [0.25, 0.3) is 0 Å². The van der Waals surface area contributed by atoms with Crippen molar-refractivity contribution in [2.24, 2.45) is 10.9 Å². The first-order valence-electron chi connectivity index (χ1n) is 9.69. The predicted octanol–water partition coefficient (Wildman–Crippen LogP) is 3.68. The van der Waals surface area contributed by atoms with E-state index in [-0.39, 0.29) is 24.0 Å². The van der Waals surface area contributed by atoms with Crippen LogP contribution in [-0.4, -0.2) is 57.3 Å². The molecular weight excluding hydrogens is 475 g/mol. The standard InChI is InChI=1S/C20H31ClN4O.HI/c1-22-20(24-14-18-9-5-11-26-18)23-13-16-7-4-10-25(2)19(16)15-6-3-8-17(21)12-15;/h3,6,8,12,16,18-19H,4-5,7,9-11,13-14H2,1-2H3,(H2,22,23,24);1H. The average Bonchev–Trinajstić information content (AvgIpc) is 3.15. The molecule has 1 aromatic carbocycles. The Hall–Kier alpha value is -0.570. The number of benzene rings is 1. The van der Waals surface area contributed by atoms with Crippen molar-refractivity contribution in [2.75, 3.05) is 40.3 Å². The second-order valence-corrected chi connectivity index (χ2v) is 7.79. The molecule has 0 bridgehead atoms. The Balaban J connectivity index is 0.00000261. The number of ether oxygens (including phenoxy) is 1. The number of piperidine rings is 1. The average molecular weight is 507 g/mol. The molecule has 0 aliphatic carbocycles. The summed E-state index contributed by atoms with van der Waals surface area (Å²) in [5.41, 5.74) is 1.30. The van der Waals surface area contributed by atoms with Gasteiger partial charge in [0, 0.05) is 37.8 Å². The Kier molecular flexibility index (Phi) is 9.62. The van der Waals surface area contributed by atoms with Gasteiger partial charge >= 0.3 is 0 Å². The zero-order valence-electron chi connectivity index (χ0n) is 16.3. The Morgan fingerprint density at radius 2 is 2.07 bits per heavy atom. The quantitative estimate of drug-likeness (QED) is 0.363. The van der Waals surface area contributed by atoms with Crippen LogP contribution in [-0.2, 0) is 4.74 Å². The highest BCUT2D eigenvalue weighted by Crippen LogP contribution is 2.35. The molecule has 2 aliphatic rings. The summed E-state index contributed by atoms with van der Waals surface area (Å²) in [5.74, 6) is 1.38. The highest BCUT2D eigenvalue weighted by molar-refractivity contribution is 14.0. The summed E-state index contributed by atoms with van der Waals surface area (Å²) in [7, 11) is 4.04. The first kappa shape index (κ1) is 22.7. The summed E-state index contributed by atoms with van der Waals surface area (Å²) < 4.78 is 5.68. The third-order valence-corrected chi connectivity index (χ3v) is 5.71. The van der Waals surface area contributed by atoms with Gasteiger partial charge in [0.05, 0.1) is 6.10 Å². The molecule has 0 aromatic heterocycles. The highest BCUT2D eigenvalue weighted by atomic mass is 127. The lowest BCUT2D eigenvalue weighted by atomic mass is 9.85. The van der Waals surface area contributed by atoms with Crippen molar-refractivity contribution in [3.05, 3.63) is 34.9 Å². The number of hydrogen-bond acceptors (Lipinski definition) is 3. The Labute approximate surface area is 185 Å². The van der Waals surface area contributed by atoms with E-state index in [1.165, 1.54) is 18.4 Å². The Morgan fingerprint density at radius 3 is 2.78 bits per heavy atom. The summed E-state index contributed by atoms with van der Waals surface area (Å²) in [5, 5.41) is 7.73. The molecule has 0 radical (unpaired) electrons. The number of nitrogens with one attached hydrogen (secondary N) is 2. The van der Waals surface area contributed by atoms with Crippen LogP contribution in [0.2, 0.25) is 5.02 Å². The third kappa shape index (κ3) is 6.48. The normalized spacial score (nSPS) is 26.5. The van der Waals surface area contributed by atoms with Crippen molar-refractivity contribution >= 4 is 41.5 Å². The second-order valence-electron chi connectivity index (χ2n) is 7.35. The zero-order chi connectivity index (χ0) is 18.4. The minimum absolute atomic E-state index is 0. The number of hydrogen-bond donors (Lipinski definition) is 2. The van der Waals surface area contributed by atoms with Gasteiger partial charge in [0.1, 0.15) is 0 Å². The summed E-state index contributed by atoms with van der Waals surface area (Å²) in [6, 6.07) is 8.66. The van der Waals surface area contributed by atoms with Crippen molar-refractivity contribution in [1.29, 1.82) is 0 Å². The van der Waals surface area contributed by atoms with Crippen LogP contribution in [0.3, 0.4) is 0 Å². The molecule has 2 saturated heterocycles. The van der Waals surface area contributed by atoms with E-state index in [1.54, 1.807) is 0 Å². The molecule has 2 heterocycles. The van der Waals surface area contributed by atoms with Crippen LogP contribution in [0.15, 0.2) is 29.3 Å². The van der Waals surface area contributed by atoms with Crippen LogP contribution >= 0.6 is 35.6 Å². The van der Waals surface area contributed by atoms with E-state index >= 15 is 0 Å². The summed E-state index contributed by atoms with van der Waals surface area (Å²) in [4.78, 5) is 6.82. The van der Waals surface area contributed by atoms with E-state index in [1.807, 2.05) is 19.2 Å². The van der Waals surface area contributed by atoms with Crippen molar-refractivity contribution in [2.45, 2.75) is 37.8 Å². The summed E-state index contributed by atoms with van der Waals surface area (Å²) in [6.07, 6.45) is 5.04. The molecule has 2 N–H and O–H groups in total. The molecule has 3 atom stereocenters. The second kappa shape index (κ2) is 11.4. The third-order valence-electron chi connectivity index (χ3n) is 5.47. The van der Waals surface area contributed by atoms with Crippen LogP contribution in [0.4, 0.5) is 0 Å². The number of guanidine groups is 1. The van der Waals surface area contributed by atoms with Gasteiger partial charge in [-0.15, -0.1) is 24.0 Å². The molecule has 0 amide bonds. The highest BCUT2D eigenvalue weighted by Gasteiger charge is 2.30. The lowest BCUT2D eigenvalue weighted by molar-refractivity contribution is 0.113. The van der Waals surface area contributed by atoms with Gasteiger partial charge in [-0.05, 0) is 62.9 Å². The largest absolute Gasteiger partial charge is 0.376 e. The molecule has 0 spiro atoms. The van der Waals surface area contributed by atoms with Crippen molar-refractivity contribution in [1.82, 2.24) is 15.5 Å². The number of rotatable bonds is 5. The van der Waals surface area contributed by atoms with E-state index in [0.717, 1.165) is 50.1 Å². The molecule has 27 heavy (non-hydrogen) atoms. The minimum Gasteiger partial charge on any atom is -0.376 e. The van der Waals surface area contributed by atoms with Gasteiger partial charge in [0.25, 0.3) is 0 Å². The molecule has 2 fully saturated rings. The molecule has 5 nitrogen and oxygen atoms in total. The van der Waals surface area contributed by atoms with E-state index in [4.69, 9.17) is 16.3 Å². The van der Waals surface area contributed by atoms with Crippen molar-refractivity contribution in [3.8, 4) is 0 Å². The first-order valence-corrected chi connectivity index (χ1v) is 10.1. The summed E-state index contributed by atoms with van der Waals surface area (Å²) in [6.45, 7) is 3.72. The SMILES string of the molecule is CN=C(NCC1CCCO1)NCC1CCCN(C)C1c1cccc(Cl)c1.I. The lowest BCUT2D eigenvalue weighted by Gasteiger charge is -2.40. The number of halogens is 2. The lowest BCUT2D eigenvalue weighted by Crippen LogP contribution is -2.46. The van der Waals surface area contributed by atoms with Crippen LogP contribution in [0.1, 0.15) is 37.3 Å². The minimum atomic E-state index is 0. The maximum Gasteiger partial charge on any atom is 0.191 e.